The van der Waals surface area contributed by atoms with E-state index in [0.29, 0.717) is 61.5 Å². The van der Waals surface area contributed by atoms with Crippen molar-refractivity contribution in [3.8, 4) is 28.5 Å². The van der Waals surface area contributed by atoms with E-state index in [2.05, 4.69) is 34.2 Å². The maximum atomic E-state index is 13.5. The third-order valence-corrected chi connectivity index (χ3v) is 7.94. The highest BCUT2D eigenvalue weighted by molar-refractivity contribution is 5.97. The molecule has 46 heavy (non-hydrogen) atoms. The summed E-state index contributed by atoms with van der Waals surface area (Å²) < 4.78 is 24.3. The monoisotopic (exact) mass is 625 g/mol. The predicted octanol–water partition coefficient (Wildman–Crippen LogP) is 4.93. The fourth-order valence-corrected chi connectivity index (χ4v) is 5.62. The van der Waals surface area contributed by atoms with E-state index in [-0.39, 0.29) is 30.5 Å². The van der Waals surface area contributed by atoms with Crippen LogP contribution in [0.4, 0.5) is 0 Å². The third kappa shape index (κ3) is 7.91. The lowest BCUT2D eigenvalue weighted by Gasteiger charge is -2.38. The van der Waals surface area contributed by atoms with Crippen molar-refractivity contribution in [2.75, 3.05) is 33.3 Å². The molecule has 1 saturated heterocycles. The van der Waals surface area contributed by atoms with E-state index in [1.165, 1.54) is 4.90 Å². The maximum absolute atomic E-state index is 13.5. The number of rotatable bonds is 6. The summed E-state index contributed by atoms with van der Waals surface area (Å²) in [5.74, 6) is 2.10. The number of carbonyl (C=O) groups excluding carboxylic acids is 2. The normalized spacial score (nSPS) is 19.3. The zero-order valence-electron chi connectivity index (χ0n) is 26.3. The van der Waals surface area contributed by atoms with E-state index < -0.39 is 0 Å². The van der Waals surface area contributed by atoms with E-state index in [1.807, 2.05) is 42.5 Å². The van der Waals surface area contributed by atoms with Crippen LogP contribution in [0.1, 0.15) is 41.9 Å². The lowest BCUT2D eigenvalue weighted by molar-refractivity contribution is -0.125. The average molecular weight is 626 g/mol. The first kappa shape index (κ1) is 31.3. The van der Waals surface area contributed by atoms with Crippen LogP contribution in [0.2, 0.25) is 0 Å². The summed E-state index contributed by atoms with van der Waals surface area (Å²) in [5, 5.41) is 7.38. The molecule has 0 spiro atoms. The van der Waals surface area contributed by atoms with Crippen molar-refractivity contribution in [1.82, 2.24) is 25.3 Å². The first-order valence-electron chi connectivity index (χ1n) is 15.6. The van der Waals surface area contributed by atoms with Gasteiger partial charge in [-0.3, -0.25) is 19.5 Å². The zero-order chi connectivity index (χ0) is 32.0. The van der Waals surface area contributed by atoms with Gasteiger partial charge in [0.1, 0.15) is 22.9 Å². The van der Waals surface area contributed by atoms with Gasteiger partial charge in [0.15, 0.2) is 5.76 Å². The number of fused-ring (bicyclic) bond motifs is 5. The van der Waals surface area contributed by atoms with Crippen LogP contribution in [-0.2, 0) is 22.7 Å². The van der Waals surface area contributed by atoms with Gasteiger partial charge in [0.05, 0.1) is 38.4 Å². The lowest BCUT2D eigenvalue weighted by Crippen LogP contribution is -2.56. The minimum Gasteiger partial charge on any atom is -0.493 e. The zero-order valence-corrected chi connectivity index (χ0v) is 26.3. The number of amides is 2. The number of ether oxygens (including phenoxy) is 3. The third-order valence-electron chi connectivity index (χ3n) is 7.94. The Morgan fingerprint density at radius 3 is 2.70 bits per heavy atom. The fourth-order valence-electron chi connectivity index (χ4n) is 5.62. The van der Waals surface area contributed by atoms with Gasteiger partial charge in [-0.05, 0) is 54.3 Å². The SMILES string of the molecule is CC(C)COc1cc2cc(c1)C(=O)N(C)CC(=O)N[C@H]1CCN(Cc3cc(-c4ccncc4)no3)C[C@@H]1OCc1cccc(c1)O2. The Morgan fingerprint density at radius 2 is 1.87 bits per heavy atom. The number of nitrogens with zero attached hydrogens (tertiary/aromatic N) is 4. The topological polar surface area (TPSA) is 119 Å². The van der Waals surface area contributed by atoms with Crippen molar-refractivity contribution in [1.29, 1.82) is 0 Å². The van der Waals surface area contributed by atoms with Gasteiger partial charge < -0.3 is 29.0 Å². The molecule has 240 valence electrons. The first-order valence-corrected chi connectivity index (χ1v) is 15.6. The van der Waals surface area contributed by atoms with Crippen molar-refractivity contribution < 1.29 is 28.3 Å². The van der Waals surface area contributed by atoms with Gasteiger partial charge in [0.2, 0.25) is 5.91 Å². The summed E-state index contributed by atoms with van der Waals surface area (Å²) in [6.45, 7) is 6.69. The van der Waals surface area contributed by atoms with Crippen LogP contribution in [0.15, 0.2) is 77.6 Å². The minimum absolute atomic E-state index is 0.103. The van der Waals surface area contributed by atoms with Crippen molar-refractivity contribution >= 4 is 11.8 Å². The van der Waals surface area contributed by atoms with Crippen LogP contribution in [0.25, 0.3) is 11.3 Å². The second kappa shape index (κ2) is 14.1. The van der Waals surface area contributed by atoms with Gasteiger partial charge in [-0.25, -0.2) is 0 Å². The molecule has 4 bridgehead atoms. The summed E-state index contributed by atoms with van der Waals surface area (Å²) in [7, 11) is 1.62. The van der Waals surface area contributed by atoms with Crippen LogP contribution in [0, 0.1) is 5.92 Å². The molecule has 6 rings (SSSR count). The standard InChI is InChI=1S/C35H39N5O6/c1-23(2)21-43-28-14-26-15-29(16-28)45-27-6-4-5-24(13-27)22-44-33-19-40(12-9-31(33)37-34(41)20-39(3)35(26)42)18-30-17-32(38-46-30)25-7-10-36-11-8-25/h4-8,10-11,13-17,23,31,33H,9,12,18-22H2,1-3H3,(H,37,41)/t31-,33-/m0/s1. The van der Waals surface area contributed by atoms with Crippen molar-refractivity contribution in [2.24, 2.45) is 5.92 Å². The average Bonchev–Trinajstić information content (AvgIpc) is 3.52. The molecule has 0 saturated carbocycles. The smallest absolute Gasteiger partial charge is 0.254 e. The second-order valence-electron chi connectivity index (χ2n) is 12.3. The molecule has 2 aromatic heterocycles. The Labute approximate surface area is 268 Å². The van der Waals surface area contributed by atoms with Crippen molar-refractivity contribution in [2.45, 2.75) is 45.6 Å². The van der Waals surface area contributed by atoms with Gasteiger partial charge in [-0.15, -0.1) is 0 Å². The Bertz CT molecular complexity index is 1660. The molecule has 4 aromatic rings. The number of likely N-dealkylation sites (tertiary alicyclic amines) is 1. The maximum Gasteiger partial charge on any atom is 0.254 e. The molecule has 2 atom stereocenters. The minimum atomic E-state index is -0.309. The molecule has 2 aromatic carbocycles. The first-order chi connectivity index (χ1) is 22.3. The molecule has 0 radical (unpaired) electrons. The fraction of sp³-hybridized carbons (Fsp3) is 0.371. The summed E-state index contributed by atoms with van der Waals surface area (Å²) >= 11 is 0. The van der Waals surface area contributed by atoms with Crippen LogP contribution in [0.5, 0.6) is 17.2 Å². The van der Waals surface area contributed by atoms with Crippen molar-refractivity contribution in [3.05, 3.63) is 89.9 Å². The van der Waals surface area contributed by atoms with Gasteiger partial charge in [0, 0.05) is 55.8 Å². The van der Waals surface area contributed by atoms with E-state index in [0.717, 1.165) is 29.1 Å². The summed E-state index contributed by atoms with van der Waals surface area (Å²) in [6.07, 6.45) is 3.82. The van der Waals surface area contributed by atoms with Crippen molar-refractivity contribution in [3.63, 3.8) is 0 Å². The quantitative estimate of drug-likeness (QED) is 0.318. The number of carbonyl (C=O) groups is 2. The Morgan fingerprint density at radius 1 is 1.02 bits per heavy atom. The highest BCUT2D eigenvalue weighted by Crippen LogP contribution is 2.30. The van der Waals surface area contributed by atoms with E-state index in [9.17, 15) is 9.59 Å². The van der Waals surface area contributed by atoms with Gasteiger partial charge in [-0.2, -0.15) is 0 Å². The number of piperidine rings is 1. The molecule has 1 fully saturated rings. The number of hydrogen-bond donors (Lipinski definition) is 1. The van der Waals surface area contributed by atoms with Crippen LogP contribution < -0.4 is 14.8 Å². The molecular formula is C35H39N5O6. The number of likely N-dealkylation sites (N-methyl/N-ethyl adjacent to an activating group) is 1. The highest BCUT2D eigenvalue weighted by Gasteiger charge is 2.32. The molecule has 0 aliphatic carbocycles. The van der Waals surface area contributed by atoms with E-state index in [4.69, 9.17) is 18.7 Å². The van der Waals surface area contributed by atoms with Gasteiger partial charge in [-0.1, -0.05) is 31.1 Å². The second-order valence-corrected chi connectivity index (χ2v) is 12.3. The summed E-state index contributed by atoms with van der Waals surface area (Å²) in [6, 6.07) is 18.3. The van der Waals surface area contributed by atoms with Crippen LogP contribution >= 0.6 is 0 Å². The molecule has 2 aliphatic rings. The molecular weight excluding hydrogens is 586 g/mol. The predicted molar refractivity (Wildman–Crippen MR) is 170 cm³/mol. The largest absolute Gasteiger partial charge is 0.493 e. The van der Waals surface area contributed by atoms with Gasteiger partial charge in [0.25, 0.3) is 5.91 Å². The molecule has 2 amide bonds. The highest BCUT2D eigenvalue weighted by atomic mass is 16.5. The number of benzene rings is 2. The van der Waals surface area contributed by atoms with Gasteiger partial charge >= 0.3 is 0 Å². The molecule has 11 heteroatoms. The van der Waals surface area contributed by atoms with E-state index >= 15 is 0 Å². The number of nitrogens with one attached hydrogen (secondary N) is 1. The van der Waals surface area contributed by atoms with Crippen LogP contribution in [0.3, 0.4) is 0 Å². The molecule has 0 unspecified atom stereocenters. The molecule has 11 nitrogen and oxygen atoms in total. The Balaban J connectivity index is 1.21. The summed E-state index contributed by atoms with van der Waals surface area (Å²) in [4.78, 5) is 34.5. The van der Waals surface area contributed by atoms with E-state index in [1.54, 1.807) is 37.6 Å². The lowest BCUT2D eigenvalue weighted by atomic mass is 10.0. The Hall–Kier alpha value is -4.74. The Kier molecular flexibility index (Phi) is 9.60. The summed E-state index contributed by atoms with van der Waals surface area (Å²) in [5.41, 5.74) is 3.00. The number of aromatic nitrogens is 2. The van der Waals surface area contributed by atoms with Crippen LogP contribution in [-0.4, -0.2) is 77.2 Å². The number of hydrogen-bond acceptors (Lipinski definition) is 9. The molecule has 4 heterocycles. The molecule has 1 N–H and O–H groups in total. The molecule has 2 aliphatic heterocycles. The number of pyridine rings is 1.